The molecule has 2 N–H and O–H groups in total. The van der Waals surface area contributed by atoms with Gasteiger partial charge in [-0.3, -0.25) is 9.59 Å². The third-order valence-electron chi connectivity index (χ3n) is 3.23. The second-order valence-electron chi connectivity index (χ2n) is 4.58. The van der Waals surface area contributed by atoms with E-state index in [1.165, 1.54) is 4.90 Å². The largest absolute Gasteiger partial charge is 0.466 e. The maximum absolute atomic E-state index is 12.0. The second kappa shape index (κ2) is 7.84. The fourth-order valence-electron chi connectivity index (χ4n) is 2.13. The molecule has 114 valence electrons. The Morgan fingerprint density at radius 1 is 1.15 bits per heavy atom. The zero-order valence-electron chi connectivity index (χ0n) is 12.0. The van der Waals surface area contributed by atoms with Gasteiger partial charge in [-0.25, -0.2) is 4.79 Å². The van der Waals surface area contributed by atoms with Gasteiger partial charge in [-0.05, 0) is 26.7 Å². The maximum atomic E-state index is 12.0. The number of likely N-dealkylation sites (tertiary alicyclic amines) is 1. The van der Waals surface area contributed by atoms with Crippen LogP contribution in [-0.2, 0) is 23.9 Å². The topological polar surface area (TPSA) is 98.9 Å². The van der Waals surface area contributed by atoms with Crippen molar-refractivity contribution in [1.29, 1.82) is 0 Å². The highest BCUT2D eigenvalue weighted by Crippen LogP contribution is 2.19. The SMILES string of the molecule is CCOC(=O)C1CCN(C(=O)C(N)C(=O)OCC)CC1. The molecule has 0 aromatic carbocycles. The highest BCUT2D eigenvalue weighted by atomic mass is 16.5. The lowest BCUT2D eigenvalue weighted by Crippen LogP contribution is -2.51. The highest BCUT2D eigenvalue weighted by molar-refractivity contribution is 6.01. The minimum absolute atomic E-state index is 0.183. The van der Waals surface area contributed by atoms with Gasteiger partial charge in [0, 0.05) is 13.1 Å². The van der Waals surface area contributed by atoms with Crippen molar-refractivity contribution in [2.75, 3.05) is 26.3 Å². The van der Waals surface area contributed by atoms with Crippen LogP contribution in [0.3, 0.4) is 0 Å². The molecule has 20 heavy (non-hydrogen) atoms. The molecule has 7 heteroatoms. The van der Waals surface area contributed by atoms with Crippen LogP contribution in [0.5, 0.6) is 0 Å². The summed E-state index contributed by atoms with van der Waals surface area (Å²) in [4.78, 5) is 36.5. The number of esters is 2. The van der Waals surface area contributed by atoms with E-state index in [1.807, 2.05) is 0 Å². The van der Waals surface area contributed by atoms with E-state index in [4.69, 9.17) is 15.2 Å². The molecular weight excluding hydrogens is 264 g/mol. The Morgan fingerprint density at radius 2 is 1.70 bits per heavy atom. The fourth-order valence-corrected chi connectivity index (χ4v) is 2.13. The molecule has 0 aromatic heterocycles. The summed E-state index contributed by atoms with van der Waals surface area (Å²) in [6, 6.07) is -1.28. The summed E-state index contributed by atoms with van der Waals surface area (Å²) in [6.07, 6.45) is 1.06. The average molecular weight is 286 g/mol. The number of ether oxygens (including phenoxy) is 2. The molecule has 0 radical (unpaired) electrons. The van der Waals surface area contributed by atoms with Crippen LogP contribution in [-0.4, -0.2) is 55.1 Å². The molecule has 0 saturated carbocycles. The summed E-state index contributed by atoms with van der Waals surface area (Å²) in [5, 5.41) is 0. The highest BCUT2D eigenvalue weighted by Gasteiger charge is 2.33. The van der Waals surface area contributed by atoms with E-state index in [0.717, 1.165) is 0 Å². The van der Waals surface area contributed by atoms with Gasteiger partial charge in [-0.1, -0.05) is 0 Å². The molecule has 1 rings (SSSR count). The number of hydrogen-bond acceptors (Lipinski definition) is 6. The lowest BCUT2D eigenvalue weighted by atomic mass is 9.96. The van der Waals surface area contributed by atoms with Crippen molar-refractivity contribution in [2.45, 2.75) is 32.7 Å². The van der Waals surface area contributed by atoms with Gasteiger partial charge in [0.2, 0.25) is 0 Å². The maximum Gasteiger partial charge on any atom is 0.332 e. The number of amides is 1. The Hall–Kier alpha value is -1.63. The van der Waals surface area contributed by atoms with Crippen molar-refractivity contribution < 1.29 is 23.9 Å². The Kier molecular flexibility index (Phi) is 6.44. The first kappa shape index (κ1) is 16.4. The van der Waals surface area contributed by atoms with Crippen LogP contribution in [0.2, 0.25) is 0 Å². The second-order valence-corrected chi connectivity index (χ2v) is 4.58. The quantitative estimate of drug-likeness (QED) is 0.549. The number of rotatable bonds is 5. The van der Waals surface area contributed by atoms with Gasteiger partial charge in [0.1, 0.15) is 0 Å². The third kappa shape index (κ3) is 4.19. The molecule has 0 aliphatic carbocycles. The summed E-state index contributed by atoms with van der Waals surface area (Å²) in [5.41, 5.74) is 5.56. The zero-order chi connectivity index (χ0) is 15.1. The molecule has 1 amide bonds. The summed E-state index contributed by atoms with van der Waals surface area (Å²) in [7, 11) is 0. The van der Waals surface area contributed by atoms with Gasteiger partial charge in [-0.15, -0.1) is 0 Å². The molecule has 1 aliphatic rings. The Labute approximate surface area is 118 Å². The van der Waals surface area contributed by atoms with E-state index in [2.05, 4.69) is 0 Å². The predicted molar refractivity (Wildman–Crippen MR) is 70.5 cm³/mol. The fraction of sp³-hybridized carbons (Fsp3) is 0.769. The lowest BCUT2D eigenvalue weighted by molar-refractivity contribution is -0.155. The first-order valence-electron chi connectivity index (χ1n) is 6.88. The molecule has 7 nitrogen and oxygen atoms in total. The Morgan fingerprint density at radius 3 is 2.20 bits per heavy atom. The van der Waals surface area contributed by atoms with Crippen LogP contribution in [0.4, 0.5) is 0 Å². The van der Waals surface area contributed by atoms with E-state index in [0.29, 0.717) is 32.5 Å². The van der Waals surface area contributed by atoms with E-state index >= 15 is 0 Å². The van der Waals surface area contributed by atoms with Gasteiger partial charge in [0.25, 0.3) is 5.91 Å². The lowest BCUT2D eigenvalue weighted by Gasteiger charge is -2.32. The molecule has 1 heterocycles. The van der Waals surface area contributed by atoms with Crippen LogP contribution in [0, 0.1) is 5.92 Å². The summed E-state index contributed by atoms with van der Waals surface area (Å²) in [5.74, 6) is -1.58. The smallest absolute Gasteiger partial charge is 0.332 e. The van der Waals surface area contributed by atoms with Crippen LogP contribution >= 0.6 is 0 Å². The van der Waals surface area contributed by atoms with Crippen LogP contribution in [0.1, 0.15) is 26.7 Å². The van der Waals surface area contributed by atoms with Gasteiger partial charge in [-0.2, -0.15) is 0 Å². The number of hydrogen-bond donors (Lipinski definition) is 1. The van der Waals surface area contributed by atoms with Gasteiger partial charge in [0.15, 0.2) is 6.04 Å². The molecule has 0 spiro atoms. The Balaban J connectivity index is 2.46. The number of carbonyl (C=O) groups excluding carboxylic acids is 3. The first-order valence-corrected chi connectivity index (χ1v) is 6.88. The summed E-state index contributed by atoms with van der Waals surface area (Å²) >= 11 is 0. The number of piperidine rings is 1. The van der Waals surface area contributed by atoms with Gasteiger partial charge >= 0.3 is 11.9 Å². The van der Waals surface area contributed by atoms with Crippen molar-refractivity contribution in [3.63, 3.8) is 0 Å². The molecule has 0 bridgehead atoms. The third-order valence-corrected chi connectivity index (χ3v) is 3.23. The molecule has 1 aliphatic heterocycles. The van der Waals surface area contributed by atoms with Crippen molar-refractivity contribution in [2.24, 2.45) is 11.7 Å². The van der Waals surface area contributed by atoms with Crippen LogP contribution in [0.15, 0.2) is 0 Å². The standard InChI is InChI=1S/C13H22N2O5/c1-3-19-12(17)9-5-7-15(8-6-9)11(16)10(14)13(18)20-4-2/h9-10H,3-8,14H2,1-2H3. The molecule has 1 atom stereocenters. The predicted octanol–water partition coefficient (Wildman–Crippen LogP) is -0.321. The molecule has 1 saturated heterocycles. The zero-order valence-corrected chi connectivity index (χ0v) is 12.0. The number of nitrogens with zero attached hydrogens (tertiary/aromatic N) is 1. The minimum Gasteiger partial charge on any atom is -0.466 e. The van der Waals surface area contributed by atoms with Crippen LogP contribution < -0.4 is 5.73 Å². The molecule has 1 fully saturated rings. The molecule has 0 aromatic rings. The van der Waals surface area contributed by atoms with Crippen molar-refractivity contribution in [3.8, 4) is 0 Å². The monoisotopic (exact) mass is 286 g/mol. The Bertz CT molecular complexity index is 364. The van der Waals surface area contributed by atoms with Gasteiger partial charge < -0.3 is 20.1 Å². The van der Waals surface area contributed by atoms with Gasteiger partial charge in [0.05, 0.1) is 19.1 Å². The minimum atomic E-state index is -1.28. The summed E-state index contributed by atoms with van der Waals surface area (Å²) in [6.45, 7) is 4.75. The van der Waals surface area contributed by atoms with E-state index in [1.54, 1.807) is 13.8 Å². The van der Waals surface area contributed by atoms with E-state index in [-0.39, 0.29) is 18.5 Å². The van der Waals surface area contributed by atoms with Crippen molar-refractivity contribution in [1.82, 2.24) is 4.90 Å². The normalized spacial score (nSPS) is 17.4. The van der Waals surface area contributed by atoms with E-state index in [9.17, 15) is 14.4 Å². The van der Waals surface area contributed by atoms with Crippen LogP contribution in [0.25, 0.3) is 0 Å². The first-order chi connectivity index (χ1) is 9.51. The van der Waals surface area contributed by atoms with E-state index < -0.39 is 17.9 Å². The van der Waals surface area contributed by atoms with Crippen molar-refractivity contribution in [3.05, 3.63) is 0 Å². The molecule has 1 unspecified atom stereocenters. The summed E-state index contributed by atoms with van der Waals surface area (Å²) < 4.78 is 9.67. The average Bonchev–Trinajstić information content (AvgIpc) is 2.46. The van der Waals surface area contributed by atoms with Crippen molar-refractivity contribution >= 4 is 17.8 Å². The number of carbonyl (C=O) groups is 3. The molecular formula is C13H22N2O5. The number of nitrogens with two attached hydrogens (primary N) is 1.